The first-order valence-corrected chi connectivity index (χ1v) is 7.37. The normalized spacial score (nSPS) is 12.3. The number of nitrogens with one attached hydrogen (secondary N) is 1. The largest absolute Gasteiger partial charge is 0.377 e. The van der Waals surface area contributed by atoms with Gasteiger partial charge in [-0.1, -0.05) is 23.2 Å². The maximum Gasteiger partial charge on any atom is 0.106 e. The van der Waals surface area contributed by atoms with E-state index in [1.165, 1.54) is 0 Å². The van der Waals surface area contributed by atoms with Gasteiger partial charge in [-0.15, -0.1) is 0 Å². The number of nitrogens with zero attached hydrogens (tertiary/aromatic N) is 1. The van der Waals surface area contributed by atoms with Crippen LogP contribution in [0.1, 0.15) is 24.2 Å². The van der Waals surface area contributed by atoms with Crippen molar-refractivity contribution >= 4 is 44.8 Å². The third kappa shape index (κ3) is 3.62. The number of hydrogen-bond acceptors (Lipinski definition) is 2. The monoisotopic (exact) mass is 358 g/mol. The van der Waals surface area contributed by atoms with Gasteiger partial charge in [-0.3, -0.25) is 0 Å². The van der Waals surface area contributed by atoms with Crippen molar-refractivity contribution in [3.63, 3.8) is 0 Å². The van der Waals surface area contributed by atoms with Crippen molar-refractivity contribution in [1.82, 2.24) is 4.98 Å². The van der Waals surface area contributed by atoms with Crippen molar-refractivity contribution in [3.05, 3.63) is 56.2 Å². The summed E-state index contributed by atoms with van der Waals surface area (Å²) < 4.78 is 0.823. The standard InChI is InChI=1S/C14H13BrCl2N2/c1-8(11-7-10(16)3-4-12(11)17)18-13-5-6-14(15)19-9(13)2/h3-8,18H,1-2H3. The SMILES string of the molecule is Cc1nc(Br)ccc1NC(C)c1cc(Cl)ccc1Cl. The van der Waals surface area contributed by atoms with Crippen LogP contribution in [0.5, 0.6) is 0 Å². The molecule has 0 fully saturated rings. The lowest BCUT2D eigenvalue weighted by molar-refractivity contribution is 0.879. The molecule has 0 aliphatic rings. The van der Waals surface area contributed by atoms with Crippen LogP contribution in [0.2, 0.25) is 10.0 Å². The molecule has 1 aromatic heterocycles. The van der Waals surface area contributed by atoms with E-state index < -0.39 is 0 Å². The predicted octanol–water partition coefficient (Wildman–Crippen LogP) is 5.63. The fraction of sp³-hybridized carbons (Fsp3) is 0.214. The highest BCUT2D eigenvalue weighted by Crippen LogP contribution is 2.29. The third-order valence-electron chi connectivity index (χ3n) is 2.85. The topological polar surface area (TPSA) is 24.9 Å². The van der Waals surface area contributed by atoms with E-state index in [-0.39, 0.29) is 6.04 Å². The summed E-state index contributed by atoms with van der Waals surface area (Å²) in [4.78, 5) is 4.36. The number of rotatable bonds is 3. The van der Waals surface area contributed by atoms with E-state index in [1.54, 1.807) is 6.07 Å². The summed E-state index contributed by atoms with van der Waals surface area (Å²) in [6, 6.07) is 9.41. The molecule has 2 rings (SSSR count). The molecule has 0 saturated heterocycles. The zero-order valence-corrected chi connectivity index (χ0v) is 13.6. The number of aryl methyl sites for hydroxylation is 1. The zero-order chi connectivity index (χ0) is 14.0. The summed E-state index contributed by atoms with van der Waals surface area (Å²) in [5.74, 6) is 0. The molecular weight excluding hydrogens is 347 g/mol. The van der Waals surface area contributed by atoms with Gasteiger partial charge in [-0.25, -0.2) is 4.98 Å². The molecule has 100 valence electrons. The highest BCUT2D eigenvalue weighted by molar-refractivity contribution is 9.10. The van der Waals surface area contributed by atoms with Crippen molar-refractivity contribution in [2.24, 2.45) is 0 Å². The Labute approximate surface area is 131 Å². The predicted molar refractivity (Wildman–Crippen MR) is 85.2 cm³/mol. The van der Waals surface area contributed by atoms with Gasteiger partial charge in [-0.2, -0.15) is 0 Å². The molecule has 0 bridgehead atoms. The minimum atomic E-state index is 0.0490. The summed E-state index contributed by atoms with van der Waals surface area (Å²) in [7, 11) is 0. The van der Waals surface area contributed by atoms with Crippen molar-refractivity contribution in [2.75, 3.05) is 5.32 Å². The number of hydrogen-bond donors (Lipinski definition) is 1. The van der Waals surface area contributed by atoms with Crippen LogP contribution in [0, 0.1) is 6.92 Å². The maximum absolute atomic E-state index is 6.20. The van der Waals surface area contributed by atoms with Gasteiger partial charge < -0.3 is 5.32 Å². The molecule has 0 radical (unpaired) electrons. The summed E-state index contributed by atoms with van der Waals surface area (Å²) in [5.41, 5.74) is 2.88. The molecule has 0 saturated carbocycles. The van der Waals surface area contributed by atoms with Crippen LogP contribution in [0.3, 0.4) is 0 Å². The van der Waals surface area contributed by atoms with Crippen molar-refractivity contribution in [2.45, 2.75) is 19.9 Å². The molecule has 1 atom stereocenters. The van der Waals surface area contributed by atoms with Gasteiger partial charge in [0.2, 0.25) is 0 Å². The molecule has 1 unspecified atom stereocenters. The smallest absolute Gasteiger partial charge is 0.106 e. The Hall–Kier alpha value is -0.770. The van der Waals surface area contributed by atoms with Crippen LogP contribution in [0.25, 0.3) is 0 Å². The fourth-order valence-electron chi connectivity index (χ4n) is 1.84. The molecule has 1 heterocycles. The number of aromatic nitrogens is 1. The second-order valence-corrected chi connectivity index (χ2v) is 5.95. The molecule has 1 aromatic carbocycles. The first-order valence-electron chi connectivity index (χ1n) is 5.82. The molecule has 2 aromatic rings. The van der Waals surface area contributed by atoms with Gasteiger partial charge in [0.05, 0.1) is 17.4 Å². The minimum absolute atomic E-state index is 0.0490. The van der Waals surface area contributed by atoms with Gasteiger partial charge >= 0.3 is 0 Å². The van der Waals surface area contributed by atoms with Gasteiger partial charge in [0, 0.05) is 10.0 Å². The minimum Gasteiger partial charge on any atom is -0.377 e. The van der Waals surface area contributed by atoms with E-state index in [4.69, 9.17) is 23.2 Å². The summed E-state index contributed by atoms with van der Waals surface area (Å²) in [6.07, 6.45) is 0. The Morgan fingerprint density at radius 3 is 2.63 bits per heavy atom. The second kappa shape index (κ2) is 6.12. The molecule has 19 heavy (non-hydrogen) atoms. The molecule has 0 spiro atoms. The highest BCUT2D eigenvalue weighted by atomic mass is 79.9. The Morgan fingerprint density at radius 2 is 1.95 bits per heavy atom. The molecule has 0 aliphatic carbocycles. The average molecular weight is 360 g/mol. The first kappa shape index (κ1) is 14.6. The summed E-state index contributed by atoms with van der Waals surface area (Å²) >= 11 is 15.6. The van der Waals surface area contributed by atoms with E-state index in [0.717, 1.165) is 21.5 Å². The lowest BCUT2D eigenvalue weighted by Crippen LogP contribution is -2.09. The van der Waals surface area contributed by atoms with E-state index in [1.807, 2.05) is 38.1 Å². The molecular formula is C14H13BrCl2N2. The van der Waals surface area contributed by atoms with E-state index >= 15 is 0 Å². The summed E-state index contributed by atoms with van der Waals surface area (Å²) in [5, 5.41) is 4.78. The third-order valence-corrected chi connectivity index (χ3v) is 3.87. The van der Waals surface area contributed by atoms with E-state index in [0.29, 0.717) is 10.0 Å². The quantitative estimate of drug-likeness (QED) is 0.718. The van der Waals surface area contributed by atoms with Crippen LogP contribution in [0.4, 0.5) is 5.69 Å². The fourth-order valence-corrected chi connectivity index (χ4v) is 2.70. The van der Waals surface area contributed by atoms with Crippen LogP contribution >= 0.6 is 39.1 Å². The zero-order valence-electron chi connectivity index (χ0n) is 10.5. The Bertz CT molecular complexity index is 602. The number of anilines is 1. The molecule has 0 aliphatic heterocycles. The van der Waals surface area contributed by atoms with Crippen molar-refractivity contribution < 1.29 is 0 Å². The number of benzene rings is 1. The Kier molecular flexibility index (Phi) is 4.71. The number of pyridine rings is 1. The average Bonchev–Trinajstić information content (AvgIpc) is 2.35. The lowest BCUT2D eigenvalue weighted by Gasteiger charge is -2.18. The van der Waals surface area contributed by atoms with Crippen molar-refractivity contribution in [1.29, 1.82) is 0 Å². The van der Waals surface area contributed by atoms with Crippen molar-refractivity contribution in [3.8, 4) is 0 Å². The first-order chi connectivity index (χ1) is 8.97. The van der Waals surface area contributed by atoms with Crippen LogP contribution in [-0.4, -0.2) is 4.98 Å². The maximum atomic E-state index is 6.20. The molecule has 5 heteroatoms. The molecule has 2 nitrogen and oxygen atoms in total. The highest BCUT2D eigenvalue weighted by Gasteiger charge is 2.11. The second-order valence-electron chi connectivity index (χ2n) is 4.30. The van der Waals surface area contributed by atoms with Gasteiger partial charge in [0.25, 0.3) is 0 Å². The van der Waals surface area contributed by atoms with E-state index in [9.17, 15) is 0 Å². The van der Waals surface area contributed by atoms with Crippen LogP contribution in [-0.2, 0) is 0 Å². The van der Waals surface area contributed by atoms with Gasteiger partial charge in [0.15, 0.2) is 0 Å². The Balaban J connectivity index is 2.25. The van der Waals surface area contributed by atoms with Crippen LogP contribution < -0.4 is 5.32 Å². The molecule has 1 N–H and O–H groups in total. The van der Waals surface area contributed by atoms with Gasteiger partial charge in [0.1, 0.15) is 4.60 Å². The summed E-state index contributed by atoms with van der Waals surface area (Å²) in [6.45, 7) is 4.00. The Morgan fingerprint density at radius 1 is 1.21 bits per heavy atom. The number of halogens is 3. The molecule has 0 amide bonds. The van der Waals surface area contributed by atoms with Crippen LogP contribution in [0.15, 0.2) is 34.9 Å². The van der Waals surface area contributed by atoms with E-state index in [2.05, 4.69) is 26.2 Å². The lowest BCUT2D eigenvalue weighted by atomic mass is 10.1. The van der Waals surface area contributed by atoms with Gasteiger partial charge in [-0.05, 0) is 65.7 Å².